The first-order chi connectivity index (χ1) is 8.26. The van der Waals surface area contributed by atoms with Gasteiger partial charge in [-0.3, -0.25) is 0 Å². The van der Waals surface area contributed by atoms with Crippen molar-refractivity contribution in [2.45, 2.75) is 32.8 Å². The van der Waals surface area contributed by atoms with Crippen LogP contribution in [-0.2, 0) is 0 Å². The number of ether oxygens (including phenoxy) is 1. The van der Waals surface area contributed by atoms with E-state index in [1.165, 1.54) is 12.8 Å². The number of nitrogens with zero attached hydrogens (tertiary/aromatic N) is 2. The minimum Gasteiger partial charge on any atom is -0.473 e. The Balaban J connectivity index is 2.06. The summed E-state index contributed by atoms with van der Waals surface area (Å²) in [6.45, 7) is 6.12. The van der Waals surface area contributed by atoms with Gasteiger partial charge in [-0.1, -0.05) is 26.7 Å². The van der Waals surface area contributed by atoms with Crippen LogP contribution < -0.4 is 10.1 Å². The molecule has 1 rings (SSSR count). The SMILES string of the molecule is CCC(CC)CNCC(O)COc1cnsn1. The Morgan fingerprint density at radius 1 is 1.41 bits per heavy atom. The molecule has 17 heavy (non-hydrogen) atoms. The molecular formula is C11H21N3O2S. The van der Waals surface area contributed by atoms with Gasteiger partial charge in [0.2, 0.25) is 5.88 Å². The molecule has 6 heteroatoms. The molecular weight excluding hydrogens is 238 g/mol. The minimum atomic E-state index is -0.508. The molecule has 0 aliphatic rings. The zero-order chi connectivity index (χ0) is 12.5. The lowest BCUT2D eigenvalue weighted by molar-refractivity contribution is 0.103. The number of aromatic nitrogens is 2. The molecule has 0 saturated heterocycles. The van der Waals surface area contributed by atoms with Gasteiger partial charge in [0.25, 0.3) is 0 Å². The van der Waals surface area contributed by atoms with E-state index in [1.807, 2.05) is 0 Å². The Kier molecular flexibility index (Phi) is 7.07. The van der Waals surface area contributed by atoms with E-state index in [-0.39, 0.29) is 6.61 Å². The van der Waals surface area contributed by atoms with Crippen molar-refractivity contribution in [3.63, 3.8) is 0 Å². The fourth-order valence-electron chi connectivity index (χ4n) is 1.49. The summed E-state index contributed by atoms with van der Waals surface area (Å²) in [7, 11) is 0. The van der Waals surface area contributed by atoms with Crippen LogP contribution in [0.5, 0.6) is 5.88 Å². The standard InChI is InChI=1S/C11H21N3O2S/c1-3-9(4-2)5-12-6-10(15)8-16-11-7-13-17-14-11/h7,9-10,12,15H,3-6,8H2,1-2H3. The van der Waals surface area contributed by atoms with E-state index >= 15 is 0 Å². The molecule has 0 fully saturated rings. The van der Waals surface area contributed by atoms with Crippen molar-refractivity contribution >= 4 is 11.7 Å². The van der Waals surface area contributed by atoms with E-state index < -0.39 is 6.10 Å². The quantitative estimate of drug-likeness (QED) is 0.700. The van der Waals surface area contributed by atoms with Gasteiger partial charge in [-0.05, 0) is 12.5 Å². The number of aliphatic hydroxyl groups excluding tert-OH is 1. The molecule has 2 N–H and O–H groups in total. The van der Waals surface area contributed by atoms with Crippen LogP contribution in [0.2, 0.25) is 0 Å². The maximum Gasteiger partial charge on any atom is 0.245 e. The first kappa shape index (κ1) is 14.3. The molecule has 0 amide bonds. The van der Waals surface area contributed by atoms with Crippen LogP contribution >= 0.6 is 11.7 Å². The van der Waals surface area contributed by atoms with Crippen molar-refractivity contribution < 1.29 is 9.84 Å². The normalized spacial score (nSPS) is 12.9. The topological polar surface area (TPSA) is 67.3 Å². The minimum absolute atomic E-state index is 0.251. The largest absolute Gasteiger partial charge is 0.473 e. The zero-order valence-corrected chi connectivity index (χ0v) is 11.2. The molecule has 5 nitrogen and oxygen atoms in total. The van der Waals surface area contributed by atoms with Crippen molar-refractivity contribution in [2.24, 2.45) is 5.92 Å². The predicted octanol–water partition coefficient (Wildman–Crippen LogP) is 1.30. The van der Waals surface area contributed by atoms with Crippen molar-refractivity contribution in [3.8, 4) is 5.88 Å². The highest BCUT2D eigenvalue weighted by atomic mass is 32.1. The van der Waals surface area contributed by atoms with E-state index in [0.717, 1.165) is 18.3 Å². The van der Waals surface area contributed by atoms with Gasteiger partial charge < -0.3 is 15.2 Å². The van der Waals surface area contributed by atoms with Gasteiger partial charge in [-0.15, -0.1) is 4.37 Å². The fourth-order valence-corrected chi connectivity index (χ4v) is 1.86. The van der Waals surface area contributed by atoms with Crippen LogP contribution in [0.15, 0.2) is 6.20 Å². The number of hydrogen-bond acceptors (Lipinski definition) is 6. The maximum absolute atomic E-state index is 9.67. The second-order valence-electron chi connectivity index (χ2n) is 4.05. The first-order valence-corrected chi connectivity index (χ1v) is 6.78. The van der Waals surface area contributed by atoms with Gasteiger partial charge in [0, 0.05) is 6.54 Å². The highest BCUT2D eigenvalue weighted by Gasteiger charge is 2.08. The smallest absolute Gasteiger partial charge is 0.245 e. The summed E-state index contributed by atoms with van der Waals surface area (Å²) < 4.78 is 13.0. The molecule has 0 bridgehead atoms. The Morgan fingerprint density at radius 2 is 2.18 bits per heavy atom. The first-order valence-electron chi connectivity index (χ1n) is 6.05. The van der Waals surface area contributed by atoms with Crippen LogP contribution in [0.1, 0.15) is 26.7 Å². The maximum atomic E-state index is 9.67. The third-order valence-corrected chi connectivity index (χ3v) is 3.19. The van der Waals surface area contributed by atoms with Crippen molar-refractivity contribution in [1.29, 1.82) is 0 Å². The third kappa shape index (κ3) is 5.95. The highest BCUT2D eigenvalue weighted by Crippen LogP contribution is 2.06. The lowest BCUT2D eigenvalue weighted by Gasteiger charge is -2.16. The van der Waals surface area contributed by atoms with E-state index in [0.29, 0.717) is 18.3 Å². The zero-order valence-electron chi connectivity index (χ0n) is 10.4. The number of hydrogen-bond donors (Lipinski definition) is 2. The molecule has 0 aliphatic carbocycles. The third-order valence-electron chi connectivity index (χ3n) is 2.73. The predicted molar refractivity (Wildman–Crippen MR) is 68.4 cm³/mol. The monoisotopic (exact) mass is 259 g/mol. The number of rotatable bonds is 9. The van der Waals surface area contributed by atoms with Gasteiger partial charge in [-0.2, -0.15) is 4.37 Å². The van der Waals surface area contributed by atoms with Crippen molar-refractivity contribution in [1.82, 2.24) is 14.1 Å². The molecule has 1 heterocycles. The average molecular weight is 259 g/mol. The summed E-state index contributed by atoms with van der Waals surface area (Å²) in [5, 5.41) is 12.9. The van der Waals surface area contributed by atoms with Gasteiger partial charge in [0.1, 0.15) is 18.9 Å². The average Bonchev–Trinajstić information content (AvgIpc) is 2.85. The van der Waals surface area contributed by atoms with Crippen molar-refractivity contribution in [3.05, 3.63) is 6.20 Å². The van der Waals surface area contributed by atoms with Gasteiger partial charge in [0.15, 0.2) is 0 Å². The molecule has 1 unspecified atom stereocenters. The van der Waals surface area contributed by atoms with E-state index in [1.54, 1.807) is 6.20 Å². The Labute approximate surface area is 107 Å². The second kappa shape index (κ2) is 8.38. The second-order valence-corrected chi connectivity index (χ2v) is 4.61. The van der Waals surface area contributed by atoms with E-state index in [9.17, 15) is 5.11 Å². The van der Waals surface area contributed by atoms with E-state index in [4.69, 9.17) is 4.74 Å². The number of aliphatic hydroxyl groups is 1. The van der Waals surface area contributed by atoms with Crippen LogP contribution in [0, 0.1) is 5.92 Å². The van der Waals surface area contributed by atoms with Crippen LogP contribution in [0.25, 0.3) is 0 Å². The molecule has 1 atom stereocenters. The molecule has 0 aromatic carbocycles. The summed E-state index contributed by atoms with van der Waals surface area (Å²) in [6, 6.07) is 0. The molecule has 1 aromatic heterocycles. The van der Waals surface area contributed by atoms with Crippen LogP contribution in [0.3, 0.4) is 0 Å². The Morgan fingerprint density at radius 3 is 2.76 bits per heavy atom. The molecule has 0 radical (unpaired) electrons. The molecule has 0 saturated carbocycles. The summed E-state index contributed by atoms with van der Waals surface area (Å²) in [6.07, 6.45) is 3.38. The van der Waals surface area contributed by atoms with Crippen molar-refractivity contribution in [2.75, 3.05) is 19.7 Å². The summed E-state index contributed by atoms with van der Waals surface area (Å²) in [5.74, 6) is 1.17. The summed E-state index contributed by atoms with van der Waals surface area (Å²) in [4.78, 5) is 0. The summed E-state index contributed by atoms with van der Waals surface area (Å²) >= 11 is 1.10. The van der Waals surface area contributed by atoms with Gasteiger partial charge in [-0.25, -0.2) is 0 Å². The highest BCUT2D eigenvalue weighted by molar-refractivity contribution is 6.99. The molecule has 1 aromatic rings. The van der Waals surface area contributed by atoms with Gasteiger partial charge in [0.05, 0.1) is 11.7 Å². The number of nitrogens with one attached hydrogen (secondary N) is 1. The summed E-state index contributed by atoms with van der Waals surface area (Å²) in [5.41, 5.74) is 0. The van der Waals surface area contributed by atoms with Crippen LogP contribution in [-0.4, -0.2) is 39.7 Å². The van der Waals surface area contributed by atoms with E-state index in [2.05, 4.69) is 27.9 Å². The van der Waals surface area contributed by atoms with Gasteiger partial charge >= 0.3 is 0 Å². The lowest BCUT2D eigenvalue weighted by atomic mass is 10.0. The molecule has 98 valence electrons. The lowest BCUT2D eigenvalue weighted by Crippen LogP contribution is -2.34. The Bertz CT molecular complexity index is 278. The Hall–Kier alpha value is -0.720. The fraction of sp³-hybridized carbons (Fsp3) is 0.818. The molecule has 0 aliphatic heterocycles. The van der Waals surface area contributed by atoms with Crippen LogP contribution in [0.4, 0.5) is 0 Å². The molecule has 0 spiro atoms.